The van der Waals surface area contributed by atoms with Gasteiger partial charge in [0.2, 0.25) is 0 Å². The predicted octanol–water partition coefficient (Wildman–Crippen LogP) is -0.588. The Hall–Kier alpha value is -0.890. The Morgan fingerprint density at radius 3 is 2.80 bits per heavy atom. The molecule has 1 saturated heterocycles. The zero-order valence-corrected chi connectivity index (χ0v) is 11.6. The van der Waals surface area contributed by atoms with Gasteiger partial charge in [0.05, 0.1) is 18.4 Å². The molecule has 2 rings (SSSR count). The van der Waals surface area contributed by atoms with Gasteiger partial charge >= 0.3 is 0 Å². The summed E-state index contributed by atoms with van der Waals surface area (Å²) in [6.45, 7) is 0. The van der Waals surface area contributed by atoms with Crippen molar-refractivity contribution in [1.29, 1.82) is 0 Å². The summed E-state index contributed by atoms with van der Waals surface area (Å²) < 4.78 is 5.62. The predicted molar refractivity (Wildman–Crippen MR) is 71.8 cm³/mol. The number of ether oxygens (including phenoxy) is 1. The number of hydrogen-bond donors (Lipinski definition) is 5. The summed E-state index contributed by atoms with van der Waals surface area (Å²) in [6, 6.07) is 0. The van der Waals surface area contributed by atoms with Gasteiger partial charge in [-0.2, -0.15) is 0 Å². The number of aliphatic hydroxyl groups excluding tert-OH is 2. The van der Waals surface area contributed by atoms with Crippen LogP contribution < -0.4 is 5.32 Å². The fourth-order valence-electron chi connectivity index (χ4n) is 2.04. The van der Waals surface area contributed by atoms with Crippen molar-refractivity contribution in [3.8, 4) is 0 Å². The minimum Gasteiger partial charge on any atom is -0.390 e. The Balaban J connectivity index is 1.95. The number of aromatic nitrogens is 2. The molecular formula is C11H18N3O5P. The third kappa shape index (κ3) is 4.31. The quantitative estimate of drug-likeness (QED) is 0.457. The van der Waals surface area contributed by atoms with Crippen LogP contribution in [0.3, 0.4) is 0 Å². The molecule has 0 bridgehead atoms. The number of hydrogen-bond acceptors (Lipinski definition) is 8. The Kier molecular flexibility index (Phi) is 5.59. The molecule has 9 heteroatoms. The second kappa shape index (κ2) is 7.21. The molecule has 8 nitrogen and oxygen atoms in total. The maximum atomic E-state index is 9.91. The number of nitrogens with one attached hydrogen (secondary N) is 1. The van der Waals surface area contributed by atoms with Crippen LogP contribution in [-0.2, 0) is 4.74 Å². The van der Waals surface area contributed by atoms with Gasteiger partial charge in [0.25, 0.3) is 0 Å². The van der Waals surface area contributed by atoms with Gasteiger partial charge in [-0.1, -0.05) is 0 Å². The molecule has 1 fully saturated rings. The highest BCUT2D eigenvalue weighted by Gasteiger charge is 2.36. The van der Waals surface area contributed by atoms with Crippen molar-refractivity contribution in [2.75, 3.05) is 11.5 Å². The molecule has 0 aliphatic carbocycles. The van der Waals surface area contributed by atoms with E-state index in [1.165, 1.54) is 18.6 Å². The zero-order chi connectivity index (χ0) is 14.5. The van der Waals surface area contributed by atoms with Crippen LogP contribution in [0, 0.1) is 0 Å². The molecule has 4 atom stereocenters. The summed E-state index contributed by atoms with van der Waals surface area (Å²) in [7, 11) is -1.98. The Bertz CT molecular complexity index is 410. The first-order valence-electron chi connectivity index (χ1n) is 6.25. The van der Waals surface area contributed by atoms with Crippen LogP contribution in [0.15, 0.2) is 18.6 Å². The number of aliphatic hydroxyl groups is 2. The van der Waals surface area contributed by atoms with Crippen LogP contribution >= 0.6 is 8.38 Å². The molecule has 0 spiro atoms. The minimum atomic E-state index is -1.98. The van der Waals surface area contributed by atoms with Gasteiger partial charge < -0.3 is 30.1 Å². The molecular weight excluding hydrogens is 285 g/mol. The Labute approximate surface area is 117 Å². The number of anilines is 1. The van der Waals surface area contributed by atoms with Crippen molar-refractivity contribution in [3.63, 3.8) is 0 Å². The van der Waals surface area contributed by atoms with E-state index >= 15 is 0 Å². The van der Waals surface area contributed by atoms with Crippen LogP contribution in [0.2, 0.25) is 0 Å². The van der Waals surface area contributed by atoms with E-state index in [9.17, 15) is 10.2 Å². The summed E-state index contributed by atoms with van der Waals surface area (Å²) in [5, 5.41) is 22.6. The van der Waals surface area contributed by atoms with Gasteiger partial charge in [-0.15, -0.1) is 0 Å². The largest absolute Gasteiger partial charge is 0.390 e. The summed E-state index contributed by atoms with van der Waals surface area (Å²) in [5.41, 5.74) is 0. The lowest BCUT2D eigenvalue weighted by Crippen LogP contribution is -2.51. The van der Waals surface area contributed by atoms with E-state index in [2.05, 4.69) is 15.3 Å². The second-order valence-corrected chi connectivity index (χ2v) is 5.78. The SMILES string of the molecule is OC1CC(CCP(O)O)OC(Nc2cnccn2)C1O. The standard InChI is InChI=1S/C11H18N3O5P/c15-8-5-7(1-4-20(17)18)19-11(10(8)16)14-9-6-12-2-3-13-9/h2-3,6-8,10-11,15-18H,1,4-5H2,(H,13,14). The average molecular weight is 303 g/mol. The van der Waals surface area contributed by atoms with Crippen molar-refractivity contribution < 1.29 is 24.7 Å². The normalized spacial score (nSPS) is 30.4. The molecule has 112 valence electrons. The number of nitrogens with zero attached hydrogens (tertiary/aromatic N) is 2. The first-order valence-corrected chi connectivity index (χ1v) is 7.69. The lowest BCUT2D eigenvalue weighted by atomic mass is 10.00. The first-order chi connectivity index (χ1) is 9.56. The first kappa shape index (κ1) is 15.5. The van der Waals surface area contributed by atoms with Crippen LogP contribution in [-0.4, -0.2) is 60.7 Å². The number of rotatable bonds is 5. The van der Waals surface area contributed by atoms with E-state index in [0.29, 0.717) is 12.2 Å². The molecule has 1 aromatic rings. The summed E-state index contributed by atoms with van der Waals surface area (Å²) in [6.07, 6.45) is 2.17. The summed E-state index contributed by atoms with van der Waals surface area (Å²) in [5.74, 6) is 0.427. The Morgan fingerprint density at radius 2 is 2.15 bits per heavy atom. The van der Waals surface area contributed by atoms with Crippen LogP contribution in [0.5, 0.6) is 0 Å². The second-order valence-electron chi connectivity index (χ2n) is 4.59. The smallest absolute Gasteiger partial charge is 0.165 e. The van der Waals surface area contributed by atoms with Gasteiger partial charge in [0.15, 0.2) is 14.6 Å². The molecule has 1 aromatic heterocycles. The molecule has 0 amide bonds. The third-order valence-electron chi connectivity index (χ3n) is 3.05. The van der Waals surface area contributed by atoms with Gasteiger partial charge in [-0.05, 0) is 6.42 Å². The molecule has 5 N–H and O–H groups in total. The highest BCUT2D eigenvalue weighted by molar-refractivity contribution is 7.45. The molecule has 1 aliphatic heterocycles. The highest BCUT2D eigenvalue weighted by Crippen LogP contribution is 2.29. The van der Waals surface area contributed by atoms with Crippen LogP contribution in [0.1, 0.15) is 12.8 Å². The lowest BCUT2D eigenvalue weighted by Gasteiger charge is -2.37. The zero-order valence-electron chi connectivity index (χ0n) is 10.7. The van der Waals surface area contributed by atoms with E-state index in [4.69, 9.17) is 14.5 Å². The molecule has 2 heterocycles. The van der Waals surface area contributed by atoms with E-state index in [1.807, 2.05) is 0 Å². The Morgan fingerprint density at radius 1 is 1.35 bits per heavy atom. The summed E-state index contributed by atoms with van der Waals surface area (Å²) in [4.78, 5) is 25.7. The lowest BCUT2D eigenvalue weighted by molar-refractivity contribution is -0.158. The van der Waals surface area contributed by atoms with Crippen molar-refractivity contribution >= 4 is 14.2 Å². The van der Waals surface area contributed by atoms with Crippen molar-refractivity contribution in [1.82, 2.24) is 9.97 Å². The van der Waals surface area contributed by atoms with Crippen LogP contribution in [0.25, 0.3) is 0 Å². The maximum absolute atomic E-state index is 9.91. The molecule has 4 unspecified atom stereocenters. The van der Waals surface area contributed by atoms with Crippen molar-refractivity contribution in [2.45, 2.75) is 37.4 Å². The fourth-order valence-corrected chi connectivity index (χ4v) is 2.56. The van der Waals surface area contributed by atoms with Gasteiger partial charge in [0, 0.05) is 25.0 Å². The highest BCUT2D eigenvalue weighted by atomic mass is 31.2. The van der Waals surface area contributed by atoms with Gasteiger partial charge in [-0.3, -0.25) is 4.98 Å². The van der Waals surface area contributed by atoms with Crippen molar-refractivity contribution in [2.24, 2.45) is 0 Å². The third-order valence-corrected chi connectivity index (χ3v) is 3.71. The maximum Gasteiger partial charge on any atom is 0.165 e. The monoisotopic (exact) mass is 303 g/mol. The summed E-state index contributed by atoms with van der Waals surface area (Å²) >= 11 is 0. The van der Waals surface area contributed by atoms with Gasteiger partial charge in [-0.25, -0.2) is 4.98 Å². The fraction of sp³-hybridized carbons (Fsp3) is 0.636. The molecule has 0 aromatic carbocycles. The van der Waals surface area contributed by atoms with E-state index in [0.717, 1.165) is 0 Å². The topological polar surface area (TPSA) is 128 Å². The molecule has 0 saturated carbocycles. The van der Waals surface area contributed by atoms with Crippen molar-refractivity contribution in [3.05, 3.63) is 18.6 Å². The van der Waals surface area contributed by atoms with Gasteiger partial charge in [0.1, 0.15) is 11.9 Å². The molecule has 0 radical (unpaired) electrons. The van der Waals surface area contributed by atoms with E-state index in [1.54, 1.807) is 0 Å². The van der Waals surface area contributed by atoms with E-state index < -0.39 is 26.8 Å². The molecule has 1 aliphatic rings. The minimum absolute atomic E-state index is 0.209. The average Bonchev–Trinajstić information content (AvgIpc) is 2.43. The van der Waals surface area contributed by atoms with Crippen LogP contribution in [0.4, 0.5) is 5.82 Å². The van der Waals surface area contributed by atoms with E-state index in [-0.39, 0.29) is 18.7 Å². The molecule has 20 heavy (non-hydrogen) atoms.